The number of ether oxygens (including phenoxy) is 1. The lowest BCUT2D eigenvalue weighted by atomic mass is 9.94. The first-order chi connectivity index (χ1) is 16.7. The molecule has 1 saturated carbocycles. The monoisotopic (exact) mass is 477 g/mol. The Morgan fingerprint density at radius 3 is 2.71 bits per heavy atom. The van der Waals surface area contributed by atoms with Crippen molar-refractivity contribution in [1.29, 1.82) is 0 Å². The van der Waals surface area contributed by atoms with Crippen molar-refractivity contribution < 1.29 is 14.3 Å². The molecular weight excluding hydrogens is 446 g/mol. The van der Waals surface area contributed by atoms with Gasteiger partial charge < -0.3 is 10.1 Å². The van der Waals surface area contributed by atoms with E-state index in [9.17, 15) is 9.59 Å². The number of rotatable bonds is 9. The molecule has 1 fully saturated rings. The number of carbonyl (C=O) groups excluding carboxylic acids is 2. The minimum absolute atomic E-state index is 0.129. The Hall–Kier alpha value is -3.19. The Morgan fingerprint density at radius 2 is 2.00 bits per heavy atom. The highest BCUT2D eigenvalue weighted by Gasteiger charge is 2.34. The van der Waals surface area contributed by atoms with Crippen LogP contribution in [0.3, 0.4) is 0 Å². The van der Waals surface area contributed by atoms with Gasteiger partial charge in [0.2, 0.25) is 11.8 Å². The Labute approximate surface area is 205 Å². The van der Waals surface area contributed by atoms with E-state index in [1.807, 2.05) is 54.8 Å². The van der Waals surface area contributed by atoms with Gasteiger partial charge in [-0.3, -0.25) is 19.5 Å². The minimum atomic E-state index is -0.833. The Balaban J connectivity index is 1.74. The van der Waals surface area contributed by atoms with Gasteiger partial charge in [-0.1, -0.05) is 37.5 Å². The van der Waals surface area contributed by atoms with Gasteiger partial charge in [0.05, 0.1) is 13.0 Å². The number of hydrogen-bond acceptors (Lipinski definition) is 5. The van der Waals surface area contributed by atoms with Crippen molar-refractivity contribution in [2.75, 3.05) is 11.5 Å². The molecule has 1 aliphatic rings. The average Bonchev–Trinajstić information content (AvgIpc) is 3.37. The largest absolute Gasteiger partial charge is 0.494 e. The van der Waals surface area contributed by atoms with Crippen LogP contribution < -0.4 is 15.0 Å². The topological polar surface area (TPSA) is 71.5 Å². The number of benzene rings is 1. The lowest BCUT2D eigenvalue weighted by Gasteiger charge is -2.33. The van der Waals surface area contributed by atoms with Crippen LogP contribution in [0, 0.1) is 0 Å². The van der Waals surface area contributed by atoms with E-state index in [0.29, 0.717) is 23.6 Å². The van der Waals surface area contributed by atoms with Crippen LogP contribution in [0.5, 0.6) is 5.75 Å². The molecule has 1 atom stereocenters. The third-order valence-electron chi connectivity index (χ3n) is 6.04. The van der Waals surface area contributed by atoms with E-state index in [2.05, 4.69) is 10.3 Å². The number of nitrogens with zero attached hydrogens (tertiary/aromatic N) is 2. The number of amides is 2. The molecule has 6 nitrogen and oxygen atoms in total. The molecule has 3 aromatic rings. The lowest BCUT2D eigenvalue weighted by Crippen LogP contribution is -2.47. The van der Waals surface area contributed by atoms with E-state index in [0.717, 1.165) is 30.6 Å². The molecule has 1 unspecified atom stereocenters. The molecule has 178 valence electrons. The SMILES string of the molecule is CCOc1cccc(N(C(=O)Cc2cccs2)C(C(=O)NC2CCCCC2)c2cccnc2)c1. The van der Waals surface area contributed by atoms with Gasteiger partial charge >= 0.3 is 0 Å². The molecule has 1 aliphatic carbocycles. The molecule has 0 bridgehead atoms. The zero-order valence-corrected chi connectivity index (χ0v) is 20.3. The maximum atomic E-state index is 13.8. The number of pyridine rings is 1. The van der Waals surface area contributed by atoms with Crippen LogP contribution in [0.25, 0.3) is 0 Å². The summed E-state index contributed by atoms with van der Waals surface area (Å²) in [6.45, 7) is 2.43. The van der Waals surface area contributed by atoms with Gasteiger partial charge in [0.1, 0.15) is 11.8 Å². The van der Waals surface area contributed by atoms with Crippen molar-refractivity contribution >= 4 is 28.8 Å². The third kappa shape index (κ3) is 6.03. The molecule has 7 heteroatoms. The predicted octanol–water partition coefficient (Wildman–Crippen LogP) is 5.31. The van der Waals surface area contributed by atoms with Crippen molar-refractivity contribution in [3.8, 4) is 5.75 Å². The van der Waals surface area contributed by atoms with E-state index in [-0.39, 0.29) is 24.3 Å². The Kier molecular flexibility index (Phi) is 8.31. The third-order valence-corrected chi connectivity index (χ3v) is 6.92. The number of carbonyl (C=O) groups is 2. The van der Waals surface area contributed by atoms with Crippen LogP contribution in [-0.2, 0) is 16.0 Å². The molecule has 0 aliphatic heterocycles. The van der Waals surface area contributed by atoms with Gasteiger partial charge in [0.25, 0.3) is 0 Å². The number of nitrogens with one attached hydrogen (secondary N) is 1. The summed E-state index contributed by atoms with van der Waals surface area (Å²) in [5.74, 6) is 0.330. The minimum Gasteiger partial charge on any atom is -0.494 e. The summed E-state index contributed by atoms with van der Waals surface area (Å²) in [5.41, 5.74) is 1.30. The first-order valence-electron chi connectivity index (χ1n) is 11.9. The van der Waals surface area contributed by atoms with E-state index in [1.54, 1.807) is 23.4 Å². The fraction of sp³-hybridized carbons (Fsp3) is 0.370. The smallest absolute Gasteiger partial charge is 0.248 e. The molecule has 1 N–H and O–H groups in total. The van der Waals surface area contributed by atoms with E-state index >= 15 is 0 Å². The van der Waals surface area contributed by atoms with Crippen LogP contribution in [0.4, 0.5) is 5.69 Å². The molecule has 1 aromatic carbocycles. The molecule has 2 amide bonds. The average molecular weight is 478 g/mol. The van der Waals surface area contributed by atoms with Crippen LogP contribution in [0.1, 0.15) is 55.5 Å². The van der Waals surface area contributed by atoms with Gasteiger partial charge in [-0.25, -0.2) is 0 Å². The summed E-state index contributed by atoms with van der Waals surface area (Å²) in [6.07, 6.45) is 8.91. The maximum Gasteiger partial charge on any atom is 0.248 e. The molecule has 0 spiro atoms. The molecule has 4 rings (SSSR count). The van der Waals surface area contributed by atoms with E-state index in [1.165, 1.54) is 17.8 Å². The number of anilines is 1. The Morgan fingerprint density at radius 1 is 1.15 bits per heavy atom. The van der Waals surface area contributed by atoms with Crippen molar-refractivity contribution in [3.05, 3.63) is 76.7 Å². The highest BCUT2D eigenvalue weighted by Crippen LogP contribution is 2.32. The summed E-state index contributed by atoms with van der Waals surface area (Å²) in [7, 11) is 0. The van der Waals surface area contributed by atoms with Crippen LogP contribution in [0.15, 0.2) is 66.3 Å². The van der Waals surface area contributed by atoms with Crippen molar-refractivity contribution in [3.63, 3.8) is 0 Å². The quantitative estimate of drug-likeness (QED) is 0.454. The van der Waals surface area contributed by atoms with Gasteiger partial charge in [-0.05, 0) is 49.4 Å². The number of thiophene rings is 1. The summed E-state index contributed by atoms with van der Waals surface area (Å²) in [6, 6.07) is 14.2. The van der Waals surface area contributed by atoms with Gasteiger partial charge in [0, 0.05) is 40.6 Å². The zero-order valence-electron chi connectivity index (χ0n) is 19.5. The Bertz CT molecular complexity index is 1070. The molecule has 2 heterocycles. The molecule has 34 heavy (non-hydrogen) atoms. The normalized spacial score (nSPS) is 14.9. The van der Waals surface area contributed by atoms with E-state index in [4.69, 9.17) is 4.74 Å². The second-order valence-electron chi connectivity index (χ2n) is 8.48. The second kappa shape index (κ2) is 11.8. The van der Waals surface area contributed by atoms with E-state index < -0.39 is 6.04 Å². The zero-order chi connectivity index (χ0) is 23.8. The molecular formula is C27H31N3O3S. The fourth-order valence-corrected chi connectivity index (χ4v) is 5.15. The van der Waals surface area contributed by atoms with Gasteiger partial charge in [0.15, 0.2) is 0 Å². The molecule has 2 aromatic heterocycles. The summed E-state index contributed by atoms with van der Waals surface area (Å²) >= 11 is 1.53. The van der Waals surface area contributed by atoms with Crippen LogP contribution in [-0.4, -0.2) is 29.4 Å². The number of aromatic nitrogens is 1. The predicted molar refractivity (Wildman–Crippen MR) is 135 cm³/mol. The van der Waals surface area contributed by atoms with Crippen molar-refractivity contribution in [1.82, 2.24) is 10.3 Å². The van der Waals surface area contributed by atoms with Crippen molar-refractivity contribution in [2.24, 2.45) is 0 Å². The highest BCUT2D eigenvalue weighted by atomic mass is 32.1. The van der Waals surface area contributed by atoms with Crippen LogP contribution >= 0.6 is 11.3 Å². The first kappa shape index (κ1) is 24.0. The molecule has 0 radical (unpaired) electrons. The van der Waals surface area contributed by atoms with Gasteiger partial charge in [-0.2, -0.15) is 0 Å². The lowest BCUT2D eigenvalue weighted by molar-refractivity contribution is -0.127. The second-order valence-corrected chi connectivity index (χ2v) is 9.51. The van der Waals surface area contributed by atoms with Crippen LogP contribution in [0.2, 0.25) is 0 Å². The summed E-state index contributed by atoms with van der Waals surface area (Å²) in [5, 5.41) is 5.19. The fourth-order valence-electron chi connectivity index (χ4n) is 4.46. The highest BCUT2D eigenvalue weighted by molar-refractivity contribution is 7.10. The van der Waals surface area contributed by atoms with Crippen molar-refractivity contribution in [2.45, 2.75) is 57.5 Å². The first-order valence-corrected chi connectivity index (χ1v) is 12.8. The number of hydrogen-bond donors (Lipinski definition) is 1. The van der Waals surface area contributed by atoms with Gasteiger partial charge in [-0.15, -0.1) is 11.3 Å². The maximum absolute atomic E-state index is 13.8. The summed E-state index contributed by atoms with van der Waals surface area (Å²) in [4.78, 5) is 34.4. The molecule has 0 saturated heterocycles. The summed E-state index contributed by atoms with van der Waals surface area (Å²) < 4.78 is 5.70. The standard InChI is InChI=1S/C27H31N3O3S/c1-2-33-23-13-6-12-22(17-23)30(25(31)18-24-14-8-16-34-24)26(20-9-7-15-28-19-20)27(32)29-21-10-4-3-5-11-21/h6-9,12-17,19,21,26H,2-5,10-11,18H2,1H3,(H,29,32).